The summed E-state index contributed by atoms with van der Waals surface area (Å²) in [4.78, 5) is 0. The van der Waals surface area contributed by atoms with Gasteiger partial charge in [-0.05, 0) is 12.8 Å². The summed E-state index contributed by atoms with van der Waals surface area (Å²) in [5, 5.41) is 0. The average Bonchev–Trinajstić information content (AvgIpc) is 2.41. The summed E-state index contributed by atoms with van der Waals surface area (Å²) < 4.78 is 66.1. The van der Waals surface area contributed by atoms with Crippen molar-refractivity contribution in [3.63, 3.8) is 0 Å². The third kappa shape index (κ3) is 2.93. The third-order valence-electron chi connectivity index (χ3n) is 2.79. The van der Waals surface area contributed by atoms with Crippen LogP contribution in [0.2, 0.25) is 0 Å². The molecule has 0 heterocycles. The lowest BCUT2D eigenvalue weighted by atomic mass is 9.97. The summed E-state index contributed by atoms with van der Waals surface area (Å²) in [5.41, 5.74) is 1.63. The van der Waals surface area contributed by atoms with Crippen LogP contribution in [0.25, 0.3) is 0 Å². The van der Waals surface area contributed by atoms with Crippen LogP contribution in [0.3, 0.4) is 0 Å². The van der Waals surface area contributed by atoms with Gasteiger partial charge in [0.2, 0.25) is 5.82 Å². The summed E-state index contributed by atoms with van der Waals surface area (Å²) in [6.07, 6.45) is 0.457. The molecule has 1 aromatic carbocycles. The van der Waals surface area contributed by atoms with Gasteiger partial charge in [-0.25, -0.2) is 22.0 Å². The van der Waals surface area contributed by atoms with Gasteiger partial charge in [0, 0.05) is 5.56 Å². The van der Waals surface area contributed by atoms with Gasteiger partial charge in [-0.3, -0.25) is 11.3 Å². The van der Waals surface area contributed by atoms with E-state index in [2.05, 4.69) is 6.58 Å². The van der Waals surface area contributed by atoms with Crippen molar-refractivity contribution in [1.29, 1.82) is 0 Å². The Bertz CT molecular complexity index is 472. The molecule has 0 aromatic heterocycles. The number of nitrogens with one attached hydrogen (secondary N) is 1. The number of hydrogen-bond donors (Lipinski definition) is 2. The molecule has 0 aliphatic carbocycles. The molecule has 2 nitrogen and oxygen atoms in total. The topological polar surface area (TPSA) is 38.0 Å². The van der Waals surface area contributed by atoms with E-state index in [1.54, 1.807) is 6.92 Å². The summed E-state index contributed by atoms with van der Waals surface area (Å²) in [7, 11) is 0. The first kappa shape index (κ1) is 15.6. The Hall–Kier alpha value is -1.47. The lowest BCUT2D eigenvalue weighted by Crippen LogP contribution is -2.30. The fraction of sp³-hybridized carbons (Fsp3) is 0.333. The van der Waals surface area contributed by atoms with Crippen molar-refractivity contribution < 1.29 is 22.0 Å². The van der Waals surface area contributed by atoms with E-state index in [-0.39, 0.29) is 6.42 Å². The van der Waals surface area contributed by atoms with Gasteiger partial charge in [0.05, 0.1) is 6.04 Å². The zero-order valence-electron chi connectivity index (χ0n) is 10.2. The molecule has 0 fully saturated rings. The van der Waals surface area contributed by atoms with Crippen LogP contribution in [0.1, 0.15) is 31.4 Å². The number of benzene rings is 1. The van der Waals surface area contributed by atoms with Gasteiger partial charge >= 0.3 is 0 Å². The molecule has 0 spiro atoms. The highest BCUT2D eigenvalue weighted by molar-refractivity contribution is 5.28. The van der Waals surface area contributed by atoms with Crippen LogP contribution in [0.5, 0.6) is 0 Å². The molecule has 7 heteroatoms. The largest absolute Gasteiger partial charge is 0.271 e. The summed E-state index contributed by atoms with van der Waals surface area (Å²) in [6, 6.07) is -1.24. The minimum absolute atomic E-state index is 0.0364. The quantitative estimate of drug-likeness (QED) is 0.217. The van der Waals surface area contributed by atoms with Gasteiger partial charge in [-0.15, -0.1) is 0 Å². The molecule has 0 saturated carbocycles. The Balaban J connectivity index is 3.35. The van der Waals surface area contributed by atoms with Gasteiger partial charge in [0.25, 0.3) is 0 Å². The molecule has 3 N–H and O–H groups in total. The molecule has 1 unspecified atom stereocenters. The SMILES string of the molecule is C=C(CC)CC(NN)c1c(F)c(F)c(F)c(F)c1F. The van der Waals surface area contributed by atoms with Crippen molar-refractivity contribution in [1.82, 2.24) is 5.43 Å². The smallest absolute Gasteiger partial charge is 0.200 e. The van der Waals surface area contributed by atoms with Crippen LogP contribution in [0.4, 0.5) is 22.0 Å². The van der Waals surface area contributed by atoms with E-state index in [0.717, 1.165) is 0 Å². The van der Waals surface area contributed by atoms with E-state index in [1.165, 1.54) is 0 Å². The Morgan fingerprint density at radius 3 is 1.84 bits per heavy atom. The monoisotopic (exact) mass is 280 g/mol. The molecule has 0 saturated heterocycles. The van der Waals surface area contributed by atoms with Crippen molar-refractivity contribution in [3.8, 4) is 0 Å². The zero-order chi connectivity index (χ0) is 14.7. The molecule has 0 amide bonds. The van der Waals surface area contributed by atoms with Gasteiger partial charge in [-0.1, -0.05) is 19.1 Å². The number of rotatable bonds is 5. The van der Waals surface area contributed by atoms with Crippen molar-refractivity contribution in [3.05, 3.63) is 46.8 Å². The number of hydrogen-bond acceptors (Lipinski definition) is 2. The van der Waals surface area contributed by atoms with E-state index >= 15 is 0 Å². The predicted molar refractivity (Wildman–Crippen MR) is 60.3 cm³/mol. The second-order valence-corrected chi connectivity index (χ2v) is 4.01. The predicted octanol–water partition coefficient (Wildman–Crippen LogP) is 3.24. The highest BCUT2D eigenvalue weighted by atomic mass is 19.2. The Kier molecular flexibility index (Phi) is 5.02. The fourth-order valence-corrected chi connectivity index (χ4v) is 1.61. The maximum Gasteiger partial charge on any atom is 0.200 e. The Morgan fingerprint density at radius 2 is 1.47 bits per heavy atom. The van der Waals surface area contributed by atoms with Crippen LogP contribution in [-0.2, 0) is 0 Å². The van der Waals surface area contributed by atoms with Crippen LogP contribution >= 0.6 is 0 Å². The van der Waals surface area contributed by atoms with E-state index < -0.39 is 40.7 Å². The van der Waals surface area contributed by atoms with E-state index in [1.807, 2.05) is 5.43 Å². The molecule has 0 aliphatic rings. The summed E-state index contributed by atoms with van der Waals surface area (Å²) in [5.74, 6) is -4.82. The van der Waals surface area contributed by atoms with Gasteiger partial charge < -0.3 is 0 Å². The van der Waals surface area contributed by atoms with Crippen LogP contribution < -0.4 is 11.3 Å². The summed E-state index contributed by atoms with van der Waals surface area (Å²) in [6.45, 7) is 5.35. The maximum atomic E-state index is 13.5. The minimum atomic E-state index is -2.19. The number of hydrazine groups is 1. The molecule has 19 heavy (non-hydrogen) atoms. The molecule has 1 atom stereocenters. The highest BCUT2D eigenvalue weighted by Gasteiger charge is 2.30. The number of halogens is 5. The first-order valence-electron chi connectivity index (χ1n) is 5.49. The molecular weight excluding hydrogens is 267 g/mol. The Morgan fingerprint density at radius 1 is 1.05 bits per heavy atom. The van der Waals surface area contributed by atoms with E-state index in [4.69, 9.17) is 5.84 Å². The van der Waals surface area contributed by atoms with Crippen LogP contribution in [0.15, 0.2) is 12.2 Å². The molecule has 0 bridgehead atoms. The minimum Gasteiger partial charge on any atom is -0.271 e. The first-order chi connectivity index (χ1) is 8.84. The zero-order valence-corrected chi connectivity index (χ0v) is 10.2. The van der Waals surface area contributed by atoms with Crippen molar-refractivity contribution in [2.75, 3.05) is 0 Å². The normalized spacial score (nSPS) is 12.6. The maximum absolute atomic E-state index is 13.5. The number of nitrogens with two attached hydrogens (primary N) is 1. The van der Waals surface area contributed by atoms with Crippen LogP contribution in [0, 0.1) is 29.1 Å². The highest BCUT2D eigenvalue weighted by Crippen LogP contribution is 2.30. The second-order valence-electron chi connectivity index (χ2n) is 4.01. The molecule has 106 valence electrons. The lowest BCUT2D eigenvalue weighted by Gasteiger charge is -2.19. The third-order valence-corrected chi connectivity index (χ3v) is 2.79. The van der Waals surface area contributed by atoms with Gasteiger partial charge in [0.15, 0.2) is 23.3 Å². The molecular formula is C12H13F5N2. The van der Waals surface area contributed by atoms with Gasteiger partial charge in [0.1, 0.15) is 0 Å². The second kappa shape index (κ2) is 6.12. The summed E-state index contributed by atoms with van der Waals surface area (Å²) >= 11 is 0. The first-order valence-corrected chi connectivity index (χ1v) is 5.49. The standard InChI is InChI=1S/C12H13F5N2/c1-3-5(2)4-6(19-18)7-8(13)10(15)12(17)11(16)9(7)14/h6,19H,2-4,18H2,1H3. The average molecular weight is 280 g/mol. The van der Waals surface area contributed by atoms with E-state index in [9.17, 15) is 22.0 Å². The molecule has 1 rings (SSSR count). The molecule has 0 radical (unpaired) electrons. The molecule has 1 aromatic rings. The van der Waals surface area contributed by atoms with E-state index in [0.29, 0.717) is 12.0 Å². The fourth-order valence-electron chi connectivity index (χ4n) is 1.61. The van der Waals surface area contributed by atoms with Crippen molar-refractivity contribution in [2.24, 2.45) is 5.84 Å². The van der Waals surface area contributed by atoms with Crippen molar-refractivity contribution >= 4 is 0 Å². The van der Waals surface area contributed by atoms with Gasteiger partial charge in [-0.2, -0.15) is 0 Å². The van der Waals surface area contributed by atoms with Crippen molar-refractivity contribution in [2.45, 2.75) is 25.8 Å². The molecule has 0 aliphatic heterocycles. The lowest BCUT2D eigenvalue weighted by molar-refractivity contribution is 0.355. The Labute approximate surface area is 107 Å². The van der Waals surface area contributed by atoms with Crippen LogP contribution in [-0.4, -0.2) is 0 Å².